The van der Waals surface area contributed by atoms with Gasteiger partial charge < -0.3 is 9.26 Å². The zero-order chi connectivity index (χ0) is 24.6. The number of halogens is 1. The van der Waals surface area contributed by atoms with Crippen molar-refractivity contribution in [3.05, 3.63) is 89.8 Å². The molecule has 2 aromatic heterocycles. The van der Waals surface area contributed by atoms with Crippen LogP contribution in [0.15, 0.2) is 88.6 Å². The number of pyridine rings is 1. The number of nitrogens with zero attached hydrogens (tertiary/aromatic N) is 2. The normalized spacial score (nSPS) is 11.5. The van der Waals surface area contributed by atoms with Crippen LogP contribution in [0.4, 0.5) is 5.82 Å². The molecular weight excluding hydrogens is 486 g/mol. The van der Waals surface area contributed by atoms with Crippen LogP contribution in [-0.2, 0) is 10.0 Å². The highest BCUT2D eigenvalue weighted by molar-refractivity contribution is 7.92. The summed E-state index contributed by atoms with van der Waals surface area (Å²) in [5, 5.41) is 5.83. The Bertz CT molecular complexity index is 1650. The third-order valence-corrected chi connectivity index (χ3v) is 7.45. The van der Waals surface area contributed by atoms with Crippen LogP contribution in [0.25, 0.3) is 33.2 Å². The van der Waals surface area contributed by atoms with E-state index in [0.29, 0.717) is 11.4 Å². The summed E-state index contributed by atoms with van der Waals surface area (Å²) < 4.78 is 38.4. The van der Waals surface area contributed by atoms with Crippen LogP contribution in [0.5, 0.6) is 5.75 Å². The van der Waals surface area contributed by atoms with Crippen molar-refractivity contribution in [3.63, 3.8) is 0 Å². The summed E-state index contributed by atoms with van der Waals surface area (Å²) in [6.07, 6.45) is 2.94. The predicted molar refractivity (Wildman–Crippen MR) is 136 cm³/mol. The molecule has 5 rings (SSSR count). The second kappa shape index (κ2) is 9.05. The van der Waals surface area contributed by atoms with Gasteiger partial charge in [-0.05, 0) is 71.5 Å². The zero-order valence-electron chi connectivity index (χ0n) is 18.8. The maximum atomic E-state index is 12.8. The highest BCUT2D eigenvalue weighted by atomic mass is 35.5. The van der Waals surface area contributed by atoms with E-state index in [1.807, 2.05) is 43.3 Å². The first-order valence-electron chi connectivity index (χ1n) is 10.6. The number of aryl methyl sites for hydroxylation is 1. The number of aromatic nitrogens is 2. The molecule has 0 bridgehead atoms. The van der Waals surface area contributed by atoms with Crippen molar-refractivity contribution in [1.29, 1.82) is 0 Å². The molecule has 35 heavy (non-hydrogen) atoms. The first-order chi connectivity index (χ1) is 16.9. The fraction of sp³-hybridized carbons (Fsp3) is 0.0769. The van der Waals surface area contributed by atoms with Crippen molar-refractivity contribution < 1.29 is 17.7 Å². The molecule has 0 amide bonds. The number of rotatable bonds is 6. The molecule has 0 aliphatic rings. The van der Waals surface area contributed by atoms with E-state index in [9.17, 15) is 8.42 Å². The Hall–Kier alpha value is -3.88. The third-order valence-electron chi connectivity index (χ3n) is 5.67. The summed E-state index contributed by atoms with van der Waals surface area (Å²) in [4.78, 5) is 4.68. The number of sulfonamides is 1. The van der Waals surface area contributed by atoms with E-state index >= 15 is 0 Å². The maximum absolute atomic E-state index is 12.8. The van der Waals surface area contributed by atoms with Gasteiger partial charge in [0.2, 0.25) is 0 Å². The van der Waals surface area contributed by atoms with E-state index < -0.39 is 10.0 Å². The lowest BCUT2D eigenvalue weighted by Crippen LogP contribution is -2.13. The molecule has 7 nitrogen and oxygen atoms in total. The average Bonchev–Trinajstić information content (AvgIpc) is 3.37. The molecule has 0 spiro atoms. The number of ether oxygens (including phenoxy) is 1. The van der Waals surface area contributed by atoms with Crippen LogP contribution < -0.4 is 9.46 Å². The van der Waals surface area contributed by atoms with E-state index in [-0.39, 0.29) is 10.7 Å². The van der Waals surface area contributed by atoms with Gasteiger partial charge in [-0.15, -0.1) is 0 Å². The first-order valence-corrected chi connectivity index (χ1v) is 12.5. The minimum atomic E-state index is -3.83. The van der Waals surface area contributed by atoms with Crippen molar-refractivity contribution in [1.82, 2.24) is 10.1 Å². The van der Waals surface area contributed by atoms with Gasteiger partial charge in [-0.2, -0.15) is 0 Å². The van der Waals surface area contributed by atoms with Crippen molar-refractivity contribution in [2.24, 2.45) is 0 Å². The Morgan fingerprint density at radius 2 is 1.77 bits per heavy atom. The van der Waals surface area contributed by atoms with Crippen LogP contribution in [-0.4, -0.2) is 25.7 Å². The largest absolute Gasteiger partial charge is 0.496 e. The summed E-state index contributed by atoms with van der Waals surface area (Å²) in [5.41, 5.74) is 4.48. The second-order valence-corrected chi connectivity index (χ2v) is 10.0. The molecule has 0 atom stereocenters. The van der Waals surface area contributed by atoms with Gasteiger partial charge in [-0.25, -0.2) is 8.42 Å². The van der Waals surface area contributed by atoms with E-state index in [1.54, 1.807) is 31.5 Å². The molecule has 5 aromatic rings. The minimum absolute atomic E-state index is 0.102. The third kappa shape index (κ3) is 4.45. The molecule has 0 saturated heterocycles. The Labute approximate surface area is 207 Å². The lowest BCUT2D eigenvalue weighted by atomic mass is 9.98. The predicted octanol–water partition coefficient (Wildman–Crippen LogP) is 6.33. The van der Waals surface area contributed by atoms with Crippen LogP contribution in [0.2, 0.25) is 5.02 Å². The molecule has 0 aliphatic carbocycles. The van der Waals surface area contributed by atoms with Crippen LogP contribution in [0, 0.1) is 6.92 Å². The smallest absolute Gasteiger partial charge is 0.263 e. The average molecular weight is 506 g/mol. The van der Waals surface area contributed by atoms with Crippen molar-refractivity contribution >= 4 is 38.2 Å². The number of methoxy groups -OCH3 is 1. The molecule has 1 N–H and O–H groups in total. The molecule has 0 saturated carbocycles. The Morgan fingerprint density at radius 1 is 0.971 bits per heavy atom. The Morgan fingerprint density at radius 3 is 2.51 bits per heavy atom. The highest BCUT2D eigenvalue weighted by Gasteiger charge is 2.18. The summed E-state index contributed by atoms with van der Waals surface area (Å²) in [7, 11) is -2.22. The molecule has 176 valence electrons. The fourth-order valence-electron chi connectivity index (χ4n) is 3.89. The van der Waals surface area contributed by atoms with Crippen molar-refractivity contribution in [2.75, 3.05) is 11.8 Å². The molecule has 0 unspecified atom stereocenters. The van der Waals surface area contributed by atoms with Crippen molar-refractivity contribution in [3.8, 4) is 28.1 Å². The Balaban J connectivity index is 1.56. The minimum Gasteiger partial charge on any atom is -0.496 e. The summed E-state index contributed by atoms with van der Waals surface area (Å²) in [6, 6.07) is 19.9. The maximum Gasteiger partial charge on any atom is 0.263 e. The molecule has 3 aromatic carbocycles. The second-order valence-electron chi connectivity index (χ2n) is 7.91. The topological polar surface area (TPSA) is 94.3 Å². The van der Waals surface area contributed by atoms with Gasteiger partial charge in [-0.1, -0.05) is 35.0 Å². The van der Waals surface area contributed by atoms with E-state index in [1.165, 1.54) is 18.4 Å². The lowest BCUT2D eigenvalue weighted by Gasteiger charge is -2.14. The molecule has 9 heteroatoms. The lowest BCUT2D eigenvalue weighted by molar-refractivity contribution is 0.416. The van der Waals surface area contributed by atoms with Gasteiger partial charge in [-0.3, -0.25) is 9.71 Å². The number of hydrogen-bond acceptors (Lipinski definition) is 6. The number of hydrogen-bond donors (Lipinski definition) is 1. The van der Waals surface area contributed by atoms with Crippen molar-refractivity contribution in [2.45, 2.75) is 11.8 Å². The van der Waals surface area contributed by atoms with Crippen LogP contribution in [0.3, 0.4) is 0 Å². The molecular formula is C26H20ClN3O4S. The summed E-state index contributed by atoms with van der Waals surface area (Å²) >= 11 is 6.18. The van der Waals surface area contributed by atoms with E-state index in [2.05, 4.69) is 14.9 Å². The quantitative estimate of drug-likeness (QED) is 0.290. The number of nitrogens with one attached hydrogen (secondary N) is 1. The van der Waals surface area contributed by atoms with Crippen LogP contribution >= 0.6 is 11.6 Å². The SMILES string of the molecule is COc1cc(-c2ccc(Cl)c(C)c2)ccc1-c1nccc2cc(S(=O)(=O)Nc3ccon3)ccc12. The standard InChI is InChI=1S/C26H20ClN3O4S/c1-16-13-17(4-8-23(16)27)18-3-6-22(24(15-18)33-2)26-21-7-5-20(14-19(21)9-11-28-26)35(31,32)30-25-10-12-34-29-25/h3-15H,1-2H3,(H,29,30). The molecule has 0 fully saturated rings. The van der Waals surface area contributed by atoms with Gasteiger partial charge in [0.15, 0.2) is 5.82 Å². The number of anilines is 1. The monoisotopic (exact) mass is 505 g/mol. The van der Waals surface area contributed by atoms with Gasteiger partial charge in [0.25, 0.3) is 10.0 Å². The van der Waals surface area contributed by atoms with Gasteiger partial charge >= 0.3 is 0 Å². The Kier molecular flexibility index (Phi) is 5.92. The zero-order valence-corrected chi connectivity index (χ0v) is 20.4. The molecule has 2 heterocycles. The highest BCUT2D eigenvalue weighted by Crippen LogP contribution is 2.37. The number of benzene rings is 3. The van der Waals surface area contributed by atoms with E-state index in [4.69, 9.17) is 20.9 Å². The molecule has 0 radical (unpaired) electrons. The number of fused-ring (bicyclic) bond motifs is 1. The molecule has 0 aliphatic heterocycles. The fourth-order valence-corrected chi connectivity index (χ4v) is 5.04. The summed E-state index contributed by atoms with van der Waals surface area (Å²) in [5.74, 6) is 0.765. The van der Waals surface area contributed by atoms with Gasteiger partial charge in [0.1, 0.15) is 12.0 Å². The van der Waals surface area contributed by atoms with E-state index in [0.717, 1.165) is 38.0 Å². The van der Waals surface area contributed by atoms with Gasteiger partial charge in [0.05, 0.1) is 17.7 Å². The summed E-state index contributed by atoms with van der Waals surface area (Å²) in [6.45, 7) is 1.97. The van der Waals surface area contributed by atoms with Gasteiger partial charge in [0, 0.05) is 28.2 Å². The first kappa shape index (κ1) is 22.9. The van der Waals surface area contributed by atoms with Crippen LogP contribution in [0.1, 0.15) is 5.56 Å².